The van der Waals surface area contributed by atoms with Crippen LogP contribution in [0.1, 0.15) is 58.4 Å². The molecule has 0 bridgehead atoms. The average Bonchev–Trinajstić information content (AvgIpc) is 3.57. The number of amides is 1. The number of thiazole rings is 1. The van der Waals surface area contributed by atoms with Gasteiger partial charge in [0, 0.05) is 0 Å². The number of rotatable bonds is 3. The van der Waals surface area contributed by atoms with Crippen LogP contribution >= 0.6 is 11.3 Å². The van der Waals surface area contributed by atoms with Gasteiger partial charge in [0.2, 0.25) is 0 Å². The molecule has 2 aromatic heterocycles. The van der Waals surface area contributed by atoms with Gasteiger partial charge in [0.15, 0.2) is 0 Å². The summed E-state index contributed by atoms with van der Waals surface area (Å²) in [7, 11) is 0. The standard InChI is InChI=1S/C23H26AsN5O2S.C5H10/c1-15-6-5-7-16(14-15)18-19(17-8-9-25-20(24)26-17)32-21(27-18)28-10-12-29(13-11-28)22(30)31-23(2,3)4;1-2-4-5-3-1/h5-9,14H,10-13H2,1-4H3;1-5H2. The molecule has 1 saturated heterocycles. The number of benzene rings is 1. The summed E-state index contributed by atoms with van der Waals surface area (Å²) in [5, 5.41) is 0.936. The molecular weight excluding hydrogens is 545 g/mol. The van der Waals surface area contributed by atoms with Crippen LogP contribution in [0.4, 0.5) is 9.93 Å². The first-order valence-corrected chi connectivity index (χ1v) is 14.8. The number of nitrogens with zero attached hydrogens (tertiary/aromatic N) is 5. The van der Waals surface area contributed by atoms with Crippen molar-refractivity contribution in [1.82, 2.24) is 19.9 Å². The molecule has 1 aliphatic heterocycles. The maximum absolute atomic E-state index is 12.4. The van der Waals surface area contributed by atoms with E-state index in [2.05, 4.69) is 62.9 Å². The Morgan fingerprint density at radius 3 is 2.27 bits per heavy atom. The maximum atomic E-state index is 12.4. The van der Waals surface area contributed by atoms with E-state index in [0.717, 1.165) is 27.0 Å². The van der Waals surface area contributed by atoms with Gasteiger partial charge < -0.3 is 0 Å². The van der Waals surface area contributed by atoms with Crippen molar-refractivity contribution in [2.24, 2.45) is 0 Å². The molecule has 2 fully saturated rings. The Kier molecular flexibility index (Phi) is 9.25. The third kappa shape index (κ3) is 7.78. The number of aromatic nitrogens is 3. The van der Waals surface area contributed by atoms with E-state index in [9.17, 15) is 4.79 Å². The zero-order valence-corrected chi connectivity index (χ0v) is 24.9. The van der Waals surface area contributed by atoms with Crippen molar-refractivity contribution in [1.29, 1.82) is 0 Å². The van der Waals surface area contributed by atoms with Crippen molar-refractivity contribution >= 4 is 44.0 Å². The number of anilines is 1. The third-order valence-electron chi connectivity index (χ3n) is 6.23. The Labute approximate surface area is 233 Å². The summed E-state index contributed by atoms with van der Waals surface area (Å²) in [5.41, 5.74) is 3.55. The summed E-state index contributed by atoms with van der Waals surface area (Å²) in [6.07, 6.45) is 9.02. The van der Waals surface area contributed by atoms with Crippen molar-refractivity contribution in [3.8, 4) is 21.8 Å². The van der Waals surface area contributed by atoms with Gasteiger partial charge in [-0.1, -0.05) is 32.1 Å². The number of piperazine rings is 1. The van der Waals surface area contributed by atoms with Crippen molar-refractivity contribution in [2.75, 3.05) is 31.1 Å². The van der Waals surface area contributed by atoms with E-state index in [1.165, 1.54) is 37.7 Å². The Balaban J connectivity index is 0.000000572. The molecule has 3 aromatic rings. The number of carbonyl (C=O) groups is 1. The summed E-state index contributed by atoms with van der Waals surface area (Å²) in [5.74, 6) is 0. The molecule has 2 radical (unpaired) electrons. The SMILES string of the molecule is C1CCCC1.Cc1cccc(-c2nc(N3CCN(C(=O)OC(C)(C)C)CC3)sc2-c2ccnc([As])n2)c1. The second-order valence-corrected chi connectivity index (χ2v) is 12.3. The predicted molar refractivity (Wildman–Crippen MR) is 152 cm³/mol. The molecular formula is C28H36AsN5O2S. The first-order valence-electron chi connectivity index (χ1n) is 13.0. The molecule has 9 heteroatoms. The van der Waals surface area contributed by atoms with Gasteiger partial charge in [-0.15, -0.1) is 0 Å². The number of hydrogen-bond donors (Lipinski definition) is 0. The van der Waals surface area contributed by atoms with E-state index < -0.39 is 5.60 Å². The van der Waals surface area contributed by atoms with Crippen LogP contribution in [0.5, 0.6) is 0 Å². The predicted octanol–water partition coefficient (Wildman–Crippen LogP) is 5.38. The molecule has 196 valence electrons. The molecule has 0 unspecified atom stereocenters. The first-order chi connectivity index (χ1) is 17.7. The van der Waals surface area contributed by atoms with Crippen molar-refractivity contribution in [2.45, 2.75) is 65.4 Å². The fourth-order valence-corrected chi connectivity index (χ4v) is 5.85. The zero-order chi connectivity index (χ0) is 26.4. The molecule has 1 aromatic carbocycles. The molecule has 2 aliphatic rings. The van der Waals surface area contributed by atoms with Crippen LogP contribution in [0.3, 0.4) is 0 Å². The fraction of sp³-hybridized carbons (Fsp3) is 0.500. The summed E-state index contributed by atoms with van der Waals surface area (Å²) < 4.78 is 6.19. The minimum absolute atomic E-state index is 0.257. The Bertz CT molecular complexity index is 1130. The van der Waals surface area contributed by atoms with E-state index in [1.807, 2.05) is 26.8 Å². The quantitative estimate of drug-likeness (QED) is 0.387. The third-order valence-corrected chi connectivity index (χ3v) is 7.83. The summed E-state index contributed by atoms with van der Waals surface area (Å²) >= 11 is 4.02. The van der Waals surface area contributed by atoms with E-state index in [4.69, 9.17) is 9.72 Å². The molecule has 7 nitrogen and oxygen atoms in total. The van der Waals surface area contributed by atoms with Crippen LogP contribution in [-0.4, -0.2) is 74.6 Å². The Hall–Kier alpha value is -2.44. The van der Waals surface area contributed by atoms with Crippen LogP contribution in [-0.2, 0) is 4.74 Å². The van der Waals surface area contributed by atoms with Gasteiger partial charge in [0.25, 0.3) is 0 Å². The number of ether oxygens (including phenoxy) is 1. The molecule has 5 rings (SSSR count). The zero-order valence-electron chi connectivity index (χ0n) is 22.2. The molecule has 0 atom stereocenters. The Morgan fingerprint density at radius 1 is 1.00 bits per heavy atom. The summed E-state index contributed by atoms with van der Waals surface area (Å²) in [6, 6.07) is 10.3. The molecule has 3 heterocycles. The van der Waals surface area contributed by atoms with Crippen LogP contribution in [0.15, 0.2) is 36.5 Å². The van der Waals surface area contributed by atoms with Gasteiger partial charge in [0.1, 0.15) is 5.60 Å². The van der Waals surface area contributed by atoms with Crippen LogP contribution in [0.2, 0.25) is 0 Å². The topological polar surface area (TPSA) is 71.5 Å². The van der Waals surface area contributed by atoms with E-state index in [0.29, 0.717) is 30.8 Å². The van der Waals surface area contributed by atoms with Gasteiger partial charge in [-0.25, -0.2) is 0 Å². The van der Waals surface area contributed by atoms with Crippen molar-refractivity contribution in [3.63, 3.8) is 0 Å². The van der Waals surface area contributed by atoms with Crippen molar-refractivity contribution in [3.05, 3.63) is 42.1 Å². The molecule has 0 N–H and O–H groups in total. The van der Waals surface area contributed by atoms with E-state index >= 15 is 0 Å². The monoisotopic (exact) mass is 581 g/mol. The van der Waals surface area contributed by atoms with Gasteiger partial charge in [-0.05, 0) is 20.8 Å². The fourth-order valence-electron chi connectivity index (χ4n) is 4.37. The second kappa shape index (κ2) is 12.4. The molecule has 1 saturated carbocycles. The Morgan fingerprint density at radius 2 is 1.68 bits per heavy atom. The van der Waals surface area contributed by atoms with E-state index in [-0.39, 0.29) is 6.09 Å². The number of hydrogen-bond acceptors (Lipinski definition) is 7. The van der Waals surface area contributed by atoms with Crippen LogP contribution in [0, 0.1) is 6.92 Å². The molecule has 37 heavy (non-hydrogen) atoms. The summed E-state index contributed by atoms with van der Waals surface area (Å²) in [6.45, 7) is 10.4. The molecule has 1 aliphatic carbocycles. The second-order valence-electron chi connectivity index (χ2n) is 10.5. The van der Waals surface area contributed by atoms with Gasteiger partial charge >= 0.3 is 175 Å². The van der Waals surface area contributed by atoms with Crippen molar-refractivity contribution < 1.29 is 9.53 Å². The minimum atomic E-state index is -0.491. The number of aryl methyl sites for hydroxylation is 1. The normalized spacial score (nSPS) is 15.8. The average molecular weight is 582 g/mol. The first kappa shape index (κ1) is 27.6. The van der Waals surface area contributed by atoms with E-state index in [1.54, 1.807) is 22.4 Å². The molecule has 1 amide bonds. The molecule has 0 spiro atoms. The summed E-state index contributed by atoms with van der Waals surface area (Å²) in [4.78, 5) is 31.3. The van der Waals surface area contributed by atoms with Crippen LogP contribution in [0.25, 0.3) is 21.8 Å². The van der Waals surface area contributed by atoms with Gasteiger partial charge in [-0.2, -0.15) is 0 Å². The van der Waals surface area contributed by atoms with Gasteiger partial charge in [0.05, 0.1) is 0 Å². The van der Waals surface area contributed by atoms with Crippen LogP contribution < -0.4 is 9.51 Å². The van der Waals surface area contributed by atoms with Gasteiger partial charge in [-0.3, -0.25) is 0 Å². The number of carbonyl (C=O) groups excluding carboxylic acids is 1.